The maximum atomic E-state index is 11.7. The van der Waals surface area contributed by atoms with E-state index in [1.807, 2.05) is 0 Å². The SMILES string of the molecule is O=S(=O)(O)c1cccc2[nH]c(O)c(C3=Nc4ccccc4C3O)c12. The van der Waals surface area contributed by atoms with E-state index in [9.17, 15) is 23.2 Å². The first-order valence-corrected chi connectivity index (χ1v) is 8.49. The number of nitrogens with zero attached hydrogens (tertiary/aromatic N) is 1. The van der Waals surface area contributed by atoms with Crippen molar-refractivity contribution in [3.8, 4) is 5.88 Å². The number of rotatable bonds is 2. The highest BCUT2D eigenvalue weighted by molar-refractivity contribution is 7.86. The van der Waals surface area contributed by atoms with Crippen LogP contribution in [0.5, 0.6) is 5.88 Å². The summed E-state index contributed by atoms with van der Waals surface area (Å²) in [7, 11) is -4.52. The summed E-state index contributed by atoms with van der Waals surface area (Å²) in [6.07, 6.45) is -1.11. The number of fused-ring (bicyclic) bond motifs is 2. The molecule has 0 saturated carbocycles. The number of nitrogens with one attached hydrogen (secondary N) is 1. The number of aliphatic hydroxyl groups is 1. The normalized spacial score (nSPS) is 17.1. The molecule has 0 saturated heterocycles. The average molecular weight is 344 g/mol. The fourth-order valence-electron chi connectivity index (χ4n) is 3.02. The van der Waals surface area contributed by atoms with Gasteiger partial charge in [-0.2, -0.15) is 8.42 Å². The second-order valence-corrected chi connectivity index (χ2v) is 6.85. The molecule has 4 N–H and O–H groups in total. The van der Waals surface area contributed by atoms with Crippen LogP contribution in [0.3, 0.4) is 0 Å². The summed E-state index contributed by atoms with van der Waals surface area (Å²) in [6, 6.07) is 11.1. The van der Waals surface area contributed by atoms with Gasteiger partial charge in [-0.05, 0) is 18.2 Å². The third kappa shape index (κ3) is 2.04. The smallest absolute Gasteiger partial charge is 0.295 e. The molecule has 3 aromatic rings. The number of aliphatic imine (C=N–C) groups is 1. The number of benzene rings is 2. The lowest BCUT2D eigenvalue weighted by atomic mass is 10.0. The fourth-order valence-corrected chi connectivity index (χ4v) is 3.74. The molecule has 0 radical (unpaired) electrons. The summed E-state index contributed by atoms with van der Waals surface area (Å²) < 4.78 is 32.8. The topological polar surface area (TPSA) is 123 Å². The van der Waals surface area contributed by atoms with Crippen LogP contribution in [0.2, 0.25) is 0 Å². The van der Waals surface area contributed by atoms with Gasteiger partial charge in [0.15, 0.2) is 5.88 Å². The number of hydrogen-bond donors (Lipinski definition) is 4. The summed E-state index contributed by atoms with van der Waals surface area (Å²) in [5.41, 5.74) is 1.59. The van der Waals surface area contributed by atoms with E-state index in [1.54, 1.807) is 30.3 Å². The third-order valence-corrected chi connectivity index (χ3v) is 4.93. The molecule has 0 spiro atoms. The van der Waals surface area contributed by atoms with Crippen molar-refractivity contribution in [2.75, 3.05) is 0 Å². The predicted molar refractivity (Wildman–Crippen MR) is 87.4 cm³/mol. The molecule has 1 aliphatic heterocycles. The summed E-state index contributed by atoms with van der Waals surface area (Å²) in [6.45, 7) is 0. The molecule has 24 heavy (non-hydrogen) atoms. The second kappa shape index (κ2) is 4.91. The minimum Gasteiger partial charge on any atom is -0.494 e. The highest BCUT2D eigenvalue weighted by atomic mass is 32.2. The van der Waals surface area contributed by atoms with Crippen molar-refractivity contribution in [1.82, 2.24) is 4.98 Å². The predicted octanol–water partition coefficient (Wildman–Crippen LogP) is 2.29. The van der Waals surface area contributed by atoms with E-state index in [-0.39, 0.29) is 27.4 Å². The first kappa shape index (κ1) is 14.9. The molecule has 1 aromatic heterocycles. The molecular formula is C16H12N2O5S. The van der Waals surface area contributed by atoms with Gasteiger partial charge in [-0.15, -0.1) is 0 Å². The number of aliphatic hydroxyl groups excluding tert-OH is 1. The zero-order valence-electron chi connectivity index (χ0n) is 12.1. The number of aromatic amines is 1. The molecule has 0 aliphatic carbocycles. The van der Waals surface area contributed by atoms with Crippen LogP contribution in [0, 0.1) is 0 Å². The van der Waals surface area contributed by atoms with Gasteiger partial charge in [-0.3, -0.25) is 4.55 Å². The van der Waals surface area contributed by atoms with E-state index >= 15 is 0 Å². The largest absolute Gasteiger partial charge is 0.494 e. The standard InChI is InChI=1S/C16H12N2O5S/c19-15-8-4-1-2-5-9(8)17-14(15)13-12-10(18-16(13)20)6-3-7-11(12)24(21,22)23/h1-7,15,18-20H,(H,21,22,23). The third-order valence-electron chi connectivity index (χ3n) is 4.03. The van der Waals surface area contributed by atoms with Crippen LogP contribution in [0.15, 0.2) is 52.4 Å². The molecule has 1 atom stereocenters. The number of H-pyrrole nitrogens is 1. The molecule has 7 nitrogen and oxygen atoms in total. The lowest BCUT2D eigenvalue weighted by Gasteiger charge is -2.09. The molecule has 8 heteroatoms. The summed E-state index contributed by atoms with van der Waals surface area (Å²) in [4.78, 5) is 6.61. The highest BCUT2D eigenvalue weighted by Gasteiger charge is 2.32. The van der Waals surface area contributed by atoms with Gasteiger partial charge in [-0.25, -0.2) is 4.99 Å². The maximum absolute atomic E-state index is 11.7. The molecule has 0 fully saturated rings. The molecule has 0 amide bonds. The summed E-state index contributed by atoms with van der Waals surface area (Å²) in [5.74, 6) is -0.327. The van der Waals surface area contributed by atoms with Gasteiger partial charge in [0.25, 0.3) is 10.1 Å². The Balaban J connectivity index is 2.05. The Morgan fingerprint density at radius 3 is 2.54 bits per heavy atom. The van der Waals surface area contributed by atoms with Crippen LogP contribution in [-0.4, -0.2) is 33.9 Å². The van der Waals surface area contributed by atoms with Crippen molar-refractivity contribution in [2.24, 2.45) is 4.99 Å². The first-order valence-electron chi connectivity index (χ1n) is 7.05. The Morgan fingerprint density at radius 1 is 1.08 bits per heavy atom. The van der Waals surface area contributed by atoms with Crippen molar-refractivity contribution in [3.63, 3.8) is 0 Å². The van der Waals surface area contributed by atoms with Gasteiger partial charge in [0.1, 0.15) is 11.0 Å². The van der Waals surface area contributed by atoms with Crippen LogP contribution < -0.4 is 0 Å². The van der Waals surface area contributed by atoms with E-state index in [0.29, 0.717) is 16.8 Å². The average Bonchev–Trinajstić information content (AvgIpc) is 3.03. The monoisotopic (exact) mass is 344 g/mol. The molecule has 2 heterocycles. The van der Waals surface area contributed by atoms with Crippen molar-refractivity contribution in [1.29, 1.82) is 0 Å². The first-order chi connectivity index (χ1) is 11.4. The lowest BCUT2D eigenvalue weighted by molar-refractivity contribution is 0.252. The summed E-state index contributed by atoms with van der Waals surface area (Å²) in [5, 5.41) is 20.9. The van der Waals surface area contributed by atoms with Gasteiger partial charge >= 0.3 is 0 Å². The summed E-state index contributed by atoms with van der Waals surface area (Å²) >= 11 is 0. The van der Waals surface area contributed by atoms with Crippen molar-refractivity contribution in [2.45, 2.75) is 11.0 Å². The van der Waals surface area contributed by atoms with Gasteiger partial charge in [0.05, 0.1) is 22.5 Å². The second-order valence-electron chi connectivity index (χ2n) is 5.46. The van der Waals surface area contributed by atoms with Gasteiger partial charge < -0.3 is 15.2 Å². The van der Waals surface area contributed by atoms with Crippen LogP contribution in [0.4, 0.5) is 5.69 Å². The zero-order chi connectivity index (χ0) is 17.1. The van der Waals surface area contributed by atoms with E-state index < -0.39 is 16.2 Å². The molecule has 4 rings (SSSR count). The Kier molecular flexibility index (Phi) is 3.04. The number of para-hydroxylation sites is 1. The van der Waals surface area contributed by atoms with Crippen LogP contribution in [-0.2, 0) is 10.1 Å². The van der Waals surface area contributed by atoms with E-state index in [2.05, 4.69) is 9.98 Å². The quantitative estimate of drug-likeness (QED) is 0.531. The van der Waals surface area contributed by atoms with E-state index in [0.717, 1.165) is 0 Å². The van der Waals surface area contributed by atoms with Crippen molar-refractivity contribution < 1.29 is 23.2 Å². The number of aromatic nitrogens is 1. The number of hydrogen-bond acceptors (Lipinski definition) is 5. The van der Waals surface area contributed by atoms with Crippen molar-refractivity contribution in [3.05, 3.63) is 53.6 Å². The minimum atomic E-state index is -4.52. The van der Waals surface area contributed by atoms with Crippen LogP contribution in [0.25, 0.3) is 10.9 Å². The minimum absolute atomic E-state index is 0.0573. The van der Waals surface area contributed by atoms with Gasteiger partial charge in [-0.1, -0.05) is 24.3 Å². The molecule has 2 aromatic carbocycles. The van der Waals surface area contributed by atoms with Gasteiger partial charge in [0.2, 0.25) is 0 Å². The lowest BCUT2D eigenvalue weighted by Crippen LogP contribution is -2.10. The fraction of sp³-hybridized carbons (Fsp3) is 0.0625. The Morgan fingerprint density at radius 2 is 1.83 bits per heavy atom. The Labute approximate surface area is 136 Å². The van der Waals surface area contributed by atoms with Crippen molar-refractivity contribution >= 4 is 32.4 Å². The van der Waals surface area contributed by atoms with Crippen LogP contribution in [0.1, 0.15) is 17.2 Å². The molecule has 122 valence electrons. The van der Waals surface area contributed by atoms with Crippen LogP contribution >= 0.6 is 0 Å². The number of aromatic hydroxyl groups is 1. The van der Waals surface area contributed by atoms with E-state index in [1.165, 1.54) is 12.1 Å². The molecule has 1 unspecified atom stereocenters. The molecular weight excluding hydrogens is 332 g/mol. The highest BCUT2D eigenvalue weighted by Crippen LogP contribution is 2.41. The molecule has 1 aliphatic rings. The Bertz CT molecular complexity index is 1110. The molecule has 0 bridgehead atoms. The van der Waals surface area contributed by atoms with E-state index in [4.69, 9.17) is 0 Å². The van der Waals surface area contributed by atoms with Gasteiger partial charge in [0, 0.05) is 10.9 Å². The maximum Gasteiger partial charge on any atom is 0.295 e. The zero-order valence-corrected chi connectivity index (χ0v) is 12.9. The Hall–Kier alpha value is -2.68.